The van der Waals surface area contributed by atoms with Gasteiger partial charge in [0.2, 0.25) is 5.91 Å². The molecule has 0 radical (unpaired) electrons. The first-order valence-corrected chi connectivity index (χ1v) is 10.2. The van der Waals surface area contributed by atoms with Crippen molar-refractivity contribution in [3.63, 3.8) is 0 Å². The Balaban J connectivity index is 1.51. The number of carbonyl (C=O) groups is 1. The first kappa shape index (κ1) is 16.2. The van der Waals surface area contributed by atoms with Crippen molar-refractivity contribution in [3.05, 3.63) is 0 Å². The number of nitrogens with zero attached hydrogens (tertiary/aromatic N) is 1. The van der Waals surface area contributed by atoms with E-state index in [0.29, 0.717) is 31.5 Å². The Bertz CT molecular complexity index is 494. The molecule has 3 aliphatic rings. The van der Waals surface area contributed by atoms with Crippen LogP contribution in [0, 0.1) is 11.8 Å². The largest absolute Gasteiger partial charge is 0.352 e. The number of nitrogens with one attached hydrogen (secondary N) is 1. The van der Waals surface area contributed by atoms with Gasteiger partial charge in [-0.2, -0.15) is 0 Å². The van der Waals surface area contributed by atoms with E-state index in [1.54, 1.807) is 0 Å². The van der Waals surface area contributed by atoms with Crippen LogP contribution in [0.1, 0.15) is 32.1 Å². The summed E-state index contributed by atoms with van der Waals surface area (Å²) < 4.78 is 22.8. The fourth-order valence-electron chi connectivity index (χ4n) is 4.37. The van der Waals surface area contributed by atoms with E-state index < -0.39 is 9.84 Å². The lowest BCUT2D eigenvalue weighted by atomic mass is 9.67. The molecule has 0 aromatic carbocycles. The fourth-order valence-corrected chi connectivity index (χ4v) is 5.64. The summed E-state index contributed by atoms with van der Waals surface area (Å²) in [5, 5.41) is 3.22. The molecule has 0 spiro atoms. The van der Waals surface area contributed by atoms with E-state index in [9.17, 15) is 13.2 Å². The highest BCUT2D eigenvalue weighted by molar-refractivity contribution is 7.91. The minimum absolute atomic E-state index is 0.0386. The van der Waals surface area contributed by atoms with E-state index >= 15 is 0 Å². The van der Waals surface area contributed by atoms with Gasteiger partial charge in [0.25, 0.3) is 0 Å². The molecule has 126 valence electrons. The maximum absolute atomic E-state index is 12.3. The van der Waals surface area contributed by atoms with Crippen LogP contribution in [0.3, 0.4) is 0 Å². The van der Waals surface area contributed by atoms with E-state index in [1.807, 2.05) is 4.90 Å². The summed E-state index contributed by atoms with van der Waals surface area (Å²) in [4.78, 5) is 14.3. The SMILES string of the molecule is NC1CC2CCCC(C1)C2NC(=O)CN1CCS(=O)(=O)CC1. The van der Waals surface area contributed by atoms with E-state index in [1.165, 1.54) is 6.42 Å². The molecule has 2 aliphatic carbocycles. The minimum Gasteiger partial charge on any atom is -0.352 e. The zero-order valence-corrected chi connectivity index (χ0v) is 13.9. The summed E-state index contributed by atoms with van der Waals surface area (Å²) in [5.74, 6) is 1.42. The lowest BCUT2D eigenvalue weighted by molar-refractivity contribution is -0.124. The van der Waals surface area contributed by atoms with E-state index in [2.05, 4.69) is 5.32 Å². The molecule has 1 heterocycles. The third kappa shape index (κ3) is 3.81. The van der Waals surface area contributed by atoms with Gasteiger partial charge in [-0.3, -0.25) is 9.69 Å². The van der Waals surface area contributed by atoms with Crippen molar-refractivity contribution < 1.29 is 13.2 Å². The van der Waals surface area contributed by atoms with Crippen LogP contribution >= 0.6 is 0 Å². The molecule has 2 unspecified atom stereocenters. The molecule has 22 heavy (non-hydrogen) atoms. The van der Waals surface area contributed by atoms with E-state index in [-0.39, 0.29) is 29.5 Å². The second-order valence-electron chi connectivity index (χ2n) is 7.20. The van der Waals surface area contributed by atoms with Crippen LogP contribution in [0.2, 0.25) is 0 Å². The lowest BCUT2D eigenvalue weighted by Crippen LogP contribution is -2.55. The third-order valence-corrected chi connectivity index (χ3v) is 7.12. The quantitative estimate of drug-likeness (QED) is 0.744. The smallest absolute Gasteiger partial charge is 0.234 e. The second-order valence-corrected chi connectivity index (χ2v) is 9.51. The van der Waals surface area contributed by atoms with Crippen molar-refractivity contribution in [2.24, 2.45) is 17.6 Å². The predicted octanol–water partition coefficient (Wildman–Crippen LogP) is -0.261. The molecule has 7 heteroatoms. The van der Waals surface area contributed by atoms with Gasteiger partial charge >= 0.3 is 0 Å². The minimum atomic E-state index is -2.88. The van der Waals surface area contributed by atoms with Gasteiger partial charge in [-0.1, -0.05) is 6.42 Å². The van der Waals surface area contributed by atoms with E-state index in [4.69, 9.17) is 5.73 Å². The average molecular weight is 329 g/mol. The number of carbonyl (C=O) groups excluding carboxylic acids is 1. The molecule has 1 aliphatic heterocycles. The van der Waals surface area contributed by atoms with Gasteiger partial charge in [0.1, 0.15) is 0 Å². The van der Waals surface area contributed by atoms with Crippen molar-refractivity contribution in [1.82, 2.24) is 10.2 Å². The van der Waals surface area contributed by atoms with Crippen LogP contribution in [-0.4, -0.2) is 62.4 Å². The Hall–Kier alpha value is -0.660. The third-order valence-electron chi connectivity index (χ3n) is 5.51. The molecule has 3 N–H and O–H groups in total. The first-order chi connectivity index (χ1) is 10.4. The molecule has 2 atom stereocenters. The van der Waals surface area contributed by atoms with Crippen LogP contribution in [0.25, 0.3) is 0 Å². The Kier molecular flexibility index (Phi) is 4.75. The summed E-state index contributed by atoms with van der Waals surface area (Å²) in [6, 6.07) is 0.560. The number of rotatable bonds is 3. The van der Waals surface area contributed by atoms with Gasteiger partial charge in [0.15, 0.2) is 9.84 Å². The van der Waals surface area contributed by atoms with Crippen molar-refractivity contribution in [2.45, 2.75) is 44.2 Å². The van der Waals surface area contributed by atoms with Gasteiger partial charge < -0.3 is 11.1 Å². The molecule has 3 rings (SSSR count). The number of hydrogen-bond donors (Lipinski definition) is 2. The highest BCUT2D eigenvalue weighted by Crippen LogP contribution is 2.39. The first-order valence-electron chi connectivity index (χ1n) is 8.41. The normalized spacial score (nSPS) is 38.4. The van der Waals surface area contributed by atoms with Gasteiger partial charge in [0.05, 0.1) is 18.1 Å². The van der Waals surface area contributed by atoms with Crippen LogP contribution in [-0.2, 0) is 14.6 Å². The number of hydrogen-bond acceptors (Lipinski definition) is 5. The number of fused-ring (bicyclic) bond motifs is 2. The summed E-state index contributed by atoms with van der Waals surface area (Å²) >= 11 is 0. The number of nitrogens with two attached hydrogens (primary N) is 1. The van der Waals surface area contributed by atoms with Gasteiger partial charge in [-0.25, -0.2) is 8.42 Å². The standard InChI is InChI=1S/C15H27N3O3S/c16-13-8-11-2-1-3-12(9-13)15(11)17-14(19)10-18-4-6-22(20,21)7-5-18/h11-13,15H,1-10,16H2,(H,17,19). The number of amides is 1. The maximum Gasteiger partial charge on any atom is 0.234 e. The molecule has 0 aromatic heterocycles. The Morgan fingerprint density at radius 2 is 1.73 bits per heavy atom. The number of sulfone groups is 1. The second kappa shape index (κ2) is 6.45. The molecular weight excluding hydrogens is 302 g/mol. The monoisotopic (exact) mass is 329 g/mol. The summed E-state index contributed by atoms with van der Waals surface area (Å²) in [6.45, 7) is 1.26. The van der Waals surface area contributed by atoms with Crippen molar-refractivity contribution in [2.75, 3.05) is 31.1 Å². The van der Waals surface area contributed by atoms with Crippen LogP contribution in [0.5, 0.6) is 0 Å². The predicted molar refractivity (Wildman–Crippen MR) is 85.1 cm³/mol. The van der Waals surface area contributed by atoms with Gasteiger partial charge in [-0.05, 0) is 37.5 Å². The van der Waals surface area contributed by atoms with Gasteiger partial charge in [-0.15, -0.1) is 0 Å². The van der Waals surface area contributed by atoms with E-state index in [0.717, 1.165) is 25.7 Å². The zero-order valence-electron chi connectivity index (χ0n) is 13.0. The van der Waals surface area contributed by atoms with Crippen molar-refractivity contribution >= 4 is 15.7 Å². The molecule has 1 amide bonds. The Morgan fingerprint density at radius 1 is 1.14 bits per heavy atom. The van der Waals surface area contributed by atoms with Crippen molar-refractivity contribution in [3.8, 4) is 0 Å². The summed E-state index contributed by atoms with van der Waals surface area (Å²) in [7, 11) is -2.88. The van der Waals surface area contributed by atoms with Crippen LogP contribution in [0.4, 0.5) is 0 Å². The molecular formula is C15H27N3O3S. The molecule has 2 saturated carbocycles. The molecule has 0 aromatic rings. The summed E-state index contributed by atoms with van der Waals surface area (Å²) in [5.41, 5.74) is 6.12. The molecule has 3 fully saturated rings. The topological polar surface area (TPSA) is 92.5 Å². The summed E-state index contributed by atoms with van der Waals surface area (Å²) in [6.07, 6.45) is 5.61. The molecule has 6 nitrogen and oxygen atoms in total. The fraction of sp³-hybridized carbons (Fsp3) is 0.933. The van der Waals surface area contributed by atoms with Crippen LogP contribution in [0.15, 0.2) is 0 Å². The molecule has 1 saturated heterocycles. The highest BCUT2D eigenvalue weighted by Gasteiger charge is 2.40. The molecule has 2 bridgehead atoms. The van der Waals surface area contributed by atoms with Gasteiger partial charge in [0, 0.05) is 25.2 Å². The average Bonchev–Trinajstić information content (AvgIpc) is 2.42. The van der Waals surface area contributed by atoms with Crippen molar-refractivity contribution in [1.29, 1.82) is 0 Å². The zero-order chi connectivity index (χ0) is 15.7. The highest BCUT2D eigenvalue weighted by atomic mass is 32.2. The Morgan fingerprint density at radius 3 is 2.32 bits per heavy atom. The Labute approximate surface area is 132 Å². The maximum atomic E-state index is 12.3. The van der Waals surface area contributed by atoms with Crippen LogP contribution < -0.4 is 11.1 Å². The lowest BCUT2D eigenvalue weighted by Gasteiger charge is -2.45.